The summed E-state index contributed by atoms with van der Waals surface area (Å²) in [5.41, 5.74) is -0.408. The molecule has 0 aromatic heterocycles. The molecular weight excluding hydrogens is 280 g/mol. The van der Waals surface area contributed by atoms with Crippen molar-refractivity contribution < 1.29 is 18.0 Å². The summed E-state index contributed by atoms with van der Waals surface area (Å²) in [5, 5.41) is 2.75. The van der Waals surface area contributed by atoms with Crippen LogP contribution in [0.2, 0.25) is 0 Å². The number of carbonyl (C=O) groups is 2. The quantitative estimate of drug-likeness (QED) is 0.803. The Morgan fingerprint density at radius 2 is 1.80 bits per heavy atom. The third-order valence-electron chi connectivity index (χ3n) is 3.45. The van der Waals surface area contributed by atoms with Crippen LogP contribution >= 0.6 is 0 Å². The maximum absolute atomic E-state index is 12.5. The Labute approximate surface area is 120 Å². The van der Waals surface area contributed by atoms with Crippen molar-refractivity contribution in [2.24, 2.45) is 5.41 Å². The Morgan fingerprint density at radius 1 is 1.25 bits per heavy atom. The van der Waals surface area contributed by atoms with E-state index in [-0.39, 0.29) is 24.1 Å². The molecule has 0 radical (unpaired) electrons. The highest BCUT2D eigenvalue weighted by molar-refractivity contribution is 7.90. The van der Waals surface area contributed by atoms with Crippen LogP contribution in [0.1, 0.15) is 34.1 Å². The molecule has 2 atom stereocenters. The van der Waals surface area contributed by atoms with Gasteiger partial charge in [0.2, 0.25) is 11.8 Å². The van der Waals surface area contributed by atoms with E-state index in [1.807, 2.05) is 27.7 Å². The van der Waals surface area contributed by atoms with Gasteiger partial charge in [-0.2, -0.15) is 0 Å². The maximum Gasteiger partial charge on any atom is 0.246 e. The van der Waals surface area contributed by atoms with Crippen molar-refractivity contribution >= 4 is 21.7 Å². The van der Waals surface area contributed by atoms with Gasteiger partial charge in [-0.05, 0) is 11.8 Å². The third kappa shape index (κ3) is 3.94. The number of nitrogens with one attached hydrogen (secondary N) is 1. The largest absolute Gasteiger partial charge is 0.342 e. The van der Waals surface area contributed by atoms with Crippen molar-refractivity contribution in [1.29, 1.82) is 0 Å². The van der Waals surface area contributed by atoms with Crippen molar-refractivity contribution in [3.05, 3.63) is 0 Å². The molecule has 0 saturated carbocycles. The summed E-state index contributed by atoms with van der Waals surface area (Å²) in [6.45, 7) is 7.49. The molecule has 7 heteroatoms. The third-order valence-corrected chi connectivity index (χ3v) is 4.38. The molecule has 0 bridgehead atoms. The summed E-state index contributed by atoms with van der Waals surface area (Å²) in [4.78, 5) is 26.0. The SMILES string of the molecule is CCC1C(=O)NC(C(C)(C)C)C(=O)N1CCS(C)(=O)=O. The number of piperazine rings is 1. The Balaban J connectivity index is 3.01. The van der Waals surface area contributed by atoms with Crippen LogP contribution in [0.15, 0.2) is 0 Å². The van der Waals surface area contributed by atoms with Crippen molar-refractivity contribution in [1.82, 2.24) is 10.2 Å². The second kappa shape index (κ2) is 5.71. The van der Waals surface area contributed by atoms with E-state index in [1.54, 1.807) is 0 Å². The molecule has 1 heterocycles. The first-order valence-electron chi connectivity index (χ1n) is 6.76. The lowest BCUT2D eigenvalue weighted by atomic mass is 9.83. The number of sulfone groups is 1. The van der Waals surface area contributed by atoms with Gasteiger partial charge < -0.3 is 10.2 Å². The van der Waals surface area contributed by atoms with Gasteiger partial charge in [0.15, 0.2) is 0 Å². The summed E-state index contributed by atoms with van der Waals surface area (Å²) < 4.78 is 22.6. The van der Waals surface area contributed by atoms with Crippen molar-refractivity contribution in [2.45, 2.75) is 46.2 Å². The lowest BCUT2D eigenvalue weighted by Crippen LogP contribution is -2.66. The zero-order valence-corrected chi connectivity index (χ0v) is 13.6. The van der Waals surface area contributed by atoms with Gasteiger partial charge in [0.05, 0.1) is 5.75 Å². The van der Waals surface area contributed by atoms with E-state index in [1.165, 1.54) is 4.90 Å². The van der Waals surface area contributed by atoms with E-state index < -0.39 is 27.3 Å². The number of rotatable bonds is 4. The highest BCUT2D eigenvalue weighted by Gasteiger charge is 2.44. The Kier molecular flexibility index (Phi) is 4.84. The molecule has 1 N–H and O–H groups in total. The maximum atomic E-state index is 12.5. The molecule has 2 unspecified atom stereocenters. The van der Waals surface area contributed by atoms with Gasteiger partial charge in [-0.15, -0.1) is 0 Å². The first-order valence-corrected chi connectivity index (χ1v) is 8.82. The molecule has 0 aromatic carbocycles. The summed E-state index contributed by atoms with van der Waals surface area (Å²) in [7, 11) is -3.17. The minimum absolute atomic E-state index is 0.0656. The van der Waals surface area contributed by atoms with Gasteiger partial charge in [-0.1, -0.05) is 27.7 Å². The van der Waals surface area contributed by atoms with Crippen LogP contribution in [0, 0.1) is 5.41 Å². The molecule has 116 valence electrons. The minimum atomic E-state index is -3.17. The number of hydrogen-bond acceptors (Lipinski definition) is 4. The van der Waals surface area contributed by atoms with E-state index >= 15 is 0 Å². The van der Waals surface area contributed by atoms with Crippen molar-refractivity contribution in [3.8, 4) is 0 Å². The number of hydrogen-bond donors (Lipinski definition) is 1. The van der Waals surface area contributed by atoms with Gasteiger partial charge in [0.1, 0.15) is 21.9 Å². The number of nitrogens with zero attached hydrogens (tertiary/aromatic N) is 1. The van der Waals surface area contributed by atoms with E-state index in [2.05, 4.69) is 5.32 Å². The molecule has 0 aromatic rings. The van der Waals surface area contributed by atoms with Crippen LogP contribution in [0.5, 0.6) is 0 Å². The smallest absolute Gasteiger partial charge is 0.246 e. The first kappa shape index (κ1) is 16.9. The lowest BCUT2D eigenvalue weighted by Gasteiger charge is -2.43. The molecule has 0 spiro atoms. The van der Waals surface area contributed by atoms with Crippen LogP contribution in [0.25, 0.3) is 0 Å². The first-order chi connectivity index (χ1) is 8.97. The van der Waals surface area contributed by atoms with Gasteiger partial charge in [0, 0.05) is 12.8 Å². The molecule has 6 nitrogen and oxygen atoms in total. The van der Waals surface area contributed by atoms with Gasteiger partial charge in [0.25, 0.3) is 0 Å². The van der Waals surface area contributed by atoms with Crippen molar-refractivity contribution in [2.75, 3.05) is 18.6 Å². The normalized spacial score (nSPS) is 24.8. The predicted octanol–water partition coefficient (Wildman–Crippen LogP) is 0.183. The summed E-state index contributed by atoms with van der Waals surface area (Å²) in [6.07, 6.45) is 1.60. The fourth-order valence-electron chi connectivity index (χ4n) is 2.28. The molecule has 1 saturated heterocycles. The second-order valence-corrected chi connectivity index (χ2v) is 8.65. The van der Waals surface area contributed by atoms with Gasteiger partial charge in [-0.25, -0.2) is 8.42 Å². The average Bonchev–Trinajstić information content (AvgIpc) is 2.26. The minimum Gasteiger partial charge on any atom is -0.342 e. The number of amides is 2. The topological polar surface area (TPSA) is 83.6 Å². The highest BCUT2D eigenvalue weighted by Crippen LogP contribution is 2.25. The number of carbonyl (C=O) groups excluding carboxylic acids is 2. The van der Waals surface area contributed by atoms with Crippen LogP contribution in [0.4, 0.5) is 0 Å². The fraction of sp³-hybridized carbons (Fsp3) is 0.846. The standard InChI is InChI=1S/C13H24N2O4S/c1-6-9-11(16)14-10(13(2,3)4)12(17)15(9)7-8-20(5,18)19/h9-10H,6-8H2,1-5H3,(H,14,16). The van der Waals surface area contributed by atoms with Crippen LogP contribution in [-0.4, -0.2) is 55.8 Å². The summed E-state index contributed by atoms with van der Waals surface area (Å²) in [6, 6.07) is -1.19. The van der Waals surface area contributed by atoms with Crippen molar-refractivity contribution in [3.63, 3.8) is 0 Å². The fourth-order valence-corrected chi connectivity index (χ4v) is 2.81. The van der Waals surface area contributed by atoms with Crippen LogP contribution < -0.4 is 5.32 Å². The lowest BCUT2D eigenvalue weighted by molar-refractivity contribution is -0.152. The van der Waals surface area contributed by atoms with Gasteiger partial charge in [-0.3, -0.25) is 9.59 Å². The Morgan fingerprint density at radius 3 is 2.20 bits per heavy atom. The average molecular weight is 304 g/mol. The molecule has 20 heavy (non-hydrogen) atoms. The molecule has 1 aliphatic rings. The molecule has 1 aliphatic heterocycles. The zero-order valence-electron chi connectivity index (χ0n) is 12.8. The van der Waals surface area contributed by atoms with Crippen LogP contribution in [-0.2, 0) is 19.4 Å². The van der Waals surface area contributed by atoms with E-state index in [0.29, 0.717) is 6.42 Å². The Hall–Kier alpha value is -1.11. The monoisotopic (exact) mass is 304 g/mol. The van der Waals surface area contributed by atoms with E-state index in [9.17, 15) is 18.0 Å². The Bertz CT molecular complexity index is 493. The predicted molar refractivity (Wildman–Crippen MR) is 76.9 cm³/mol. The zero-order chi connectivity index (χ0) is 15.7. The highest BCUT2D eigenvalue weighted by atomic mass is 32.2. The molecule has 1 rings (SSSR count). The van der Waals surface area contributed by atoms with E-state index in [0.717, 1.165) is 6.26 Å². The van der Waals surface area contributed by atoms with E-state index in [4.69, 9.17) is 0 Å². The summed E-state index contributed by atoms with van der Waals surface area (Å²) in [5.74, 6) is -0.535. The molecule has 1 fully saturated rings. The van der Waals surface area contributed by atoms with Gasteiger partial charge >= 0.3 is 0 Å². The second-order valence-electron chi connectivity index (χ2n) is 6.39. The van der Waals surface area contributed by atoms with Crippen LogP contribution in [0.3, 0.4) is 0 Å². The molecule has 0 aliphatic carbocycles. The summed E-state index contributed by atoms with van der Waals surface area (Å²) >= 11 is 0. The molecule has 2 amide bonds. The molecular formula is C13H24N2O4S.